The monoisotopic (exact) mass is 645 g/mol. The van der Waals surface area contributed by atoms with Crippen molar-refractivity contribution in [2.24, 2.45) is 0 Å². The van der Waals surface area contributed by atoms with Crippen molar-refractivity contribution in [3.63, 3.8) is 0 Å². The van der Waals surface area contributed by atoms with Crippen LogP contribution >= 0.6 is 0 Å². The fourth-order valence-electron chi connectivity index (χ4n) is 0.258. The van der Waals surface area contributed by atoms with Crippen LogP contribution in [0.25, 0.3) is 0 Å². The van der Waals surface area contributed by atoms with Gasteiger partial charge >= 0.3 is 168 Å². The number of aliphatic hydroxyl groups excluding tert-OH is 2. The standard InChI is InChI=1S/C4H6O6.CH2O3.Cu.K.3Na.2H2O4S.4H2O/c5-1(3(7)8)2(6)4(9)10;2-1(3)4;;;;;;2*1-5(2,3)4;;;;/h1-2,5-6H,(H,7,8)(H,9,10);(H2,2,3,4);;;;;;2*(H2,1,2,3,4);4*1H2/q;;+2;4*+1;;;;;;/p-6. The molecule has 2 unspecified atom stereocenters. The normalized spacial score (nSPS) is 9.03. The summed E-state index contributed by atoms with van der Waals surface area (Å²) in [6, 6.07) is 0. The van der Waals surface area contributed by atoms with E-state index in [9.17, 15) is 19.8 Å². The van der Waals surface area contributed by atoms with Crippen molar-refractivity contribution < 1.29 is 259 Å². The average Bonchev–Trinajstić information content (AvgIpc) is 2.21. The summed E-state index contributed by atoms with van der Waals surface area (Å²) in [6.45, 7) is 0. The van der Waals surface area contributed by atoms with Gasteiger partial charge in [-0.1, -0.05) is 0 Å². The maximum absolute atomic E-state index is 9.63. The summed E-state index contributed by atoms with van der Waals surface area (Å²) < 4.78 is 65.7. The molecule has 33 heavy (non-hydrogen) atoms. The minimum absolute atomic E-state index is 0. The second-order valence-corrected chi connectivity index (χ2v) is 4.35. The first-order valence-electron chi connectivity index (χ1n) is 4.22. The van der Waals surface area contributed by atoms with E-state index in [1.807, 2.05) is 0 Å². The Bertz CT molecular complexity index is 545. The molecule has 1 radical (unpaired) electrons. The van der Waals surface area contributed by atoms with Crippen LogP contribution in [0.1, 0.15) is 0 Å². The van der Waals surface area contributed by atoms with Gasteiger partial charge in [0.2, 0.25) is 0 Å². The van der Waals surface area contributed by atoms with Gasteiger partial charge in [0, 0.05) is 10.4 Å². The topological polar surface area (TPSA) is 465 Å². The van der Waals surface area contributed by atoms with E-state index < -0.39 is 51.1 Å². The molecular weight excluding hydrogens is 632 g/mol. The number of carboxylic acid groups (broad SMARTS) is 4. The van der Waals surface area contributed by atoms with Gasteiger partial charge in [0.05, 0.1) is 11.9 Å². The second-order valence-electron chi connectivity index (χ2n) is 2.63. The zero-order chi connectivity index (χ0) is 20.9. The quantitative estimate of drug-likeness (QED) is 0.126. The molecule has 12 N–H and O–H groups in total. The molecule has 0 heterocycles. The van der Waals surface area contributed by atoms with Crippen molar-refractivity contribution in [2.75, 3.05) is 0 Å². The van der Waals surface area contributed by atoms with E-state index in [4.69, 9.17) is 60.3 Å². The van der Waals surface area contributed by atoms with Gasteiger partial charge < -0.3 is 76.0 Å². The van der Waals surface area contributed by atoms with Gasteiger partial charge in [0.1, 0.15) is 12.2 Å². The first kappa shape index (κ1) is 83.4. The zero-order valence-electron chi connectivity index (χ0n) is 16.9. The second kappa shape index (κ2) is 44.8. The molecule has 187 valence electrons. The number of aliphatic hydroxyl groups is 2. The van der Waals surface area contributed by atoms with E-state index in [0.29, 0.717) is 0 Å². The Hall–Kier alpha value is 2.87. The van der Waals surface area contributed by atoms with Crippen molar-refractivity contribution >= 4 is 38.9 Å². The summed E-state index contributed by atoms with van der Waals surface area (Å²) in [4.78, 5) is 27.6. The largest absolute Gasteiger partial charge is 2.00 e. The molecule has 0 amide bonds. The number of hydrogen-bond acceptors (Lipinski definition) is 15. The first-order valence-corrected chi connectivity index (χ1v) is 6.95. The Morgan fingerprint density at radius 1 is 0.636 bits per heavy atom. The first-order chi connectivity index (χ1) is 10.2. The van der Waals surface area contributed by atoms with Crippen LogP contribution in [0, 0.1) is 0 Å². The molecule has 0 aromatic heterocycles. The van der Waals surface area contributed by atoms with Gasteiger partial charge in [0.15, 0.2) is 0 Å². The Morgan fingerprint density at radius 3 is 0.727 bits per heavy atom. The Morgan fingerprint density at radius 2 is 0.697 bits per heavy atom. The molecule has 0 bridgehead atoms. The Balaban J connectivity index is -0.0000000142. The summed E-state index contributed by atoms with van der Waals surface area (Å²) in [6.07, 6.45) is -7.21. The summed E-state index contributed by atoms with van der Waals surface area (Å²) in [5, 5.41) is 52.4. The summed E-state index contributed by atoms with van der Waals surface area (Å²) in [5.74, 6) is -4.12. The van der Waals surface area contributed by atoms with Crippen LogP contribution in [0.4, 0.5) is 4.79 Å². The van der Waals surface area contributed by atoms with Crippen molar-refractivity contribution in [1.82, 2.24) is 0 Å². The molecule has 2 atom stereocenters. The Labute approximate surface area is 304 Å². The predicted molar refractivity (Wildman–Crippen MR) is 66.5 cm³/mol. The number of carbonyl (C=O) groups excluding carboxylic acids is 3. The van der Waals surface area contributed by atoms with Crippen LogP contribution < -0.4 is 160 Å². The van der Waals surface area contributed by atoms with Crippen molar-refractivity contribution in [1.29, 1.82) is 0 Å². The molecule has 28 heteroatoms. The minimum atomic E-state index is -5.17. The maximum Gasteiger partial charge on any atom is 2.00 e. The minimum Gasteiger partial charge on any atom is -0.759 e. The van der Waals surface area contributed by atoms with Gasteiger partial charge in [-0.05, 0) is 6.16 Å². The molecule has 0 saturated carbocycles. The van der Waals surface area contributed by atoms with Crippen LogP contribution in [0.3, 0.4) is 0 Å². The summed E-state index contributed by atoms with van der Waals surface area (Å²) in [7, 11) is -9.83. The van der Waals surface area contributed by atoms with Gasteiger partial charge in [-0.25, -0.2) is 0 Å². The van der Waals surface area contributed by atoms with E-state index in [0.717, 1.165) is 0 Å². The van der Waals surface area contributed by atoms with E-state index >= 15 is 0 Å². The third kappa shape index (κ3) is 170. The van der Waals surface area contributed by atoms with Crippen molar-refractivity contribution in [3.05, 3.63) is 0 Å². The molecule has 0 aromatic carbocycles. The van der Waals surface area contributed by atoms with Crippen LogP contribution in [0.5, 0.6) is 0 Å². The van der Waals surface area contributed by atoms with Gasteiger partial charge in [-0.15, -0.1) is 0 Å². The molecule has 21 nitrogen and oxygen atoms in total. The molecule has 0 saturated heterocycles. The number of carbonyl (C=O) groups is 3. The van der Waals surface area contributed by atoms with Gasteiger partial charge in [-0.2, -0.15) is 8.42 Å². The molecular formula is C5H14CuKNa3O21S2. The fourth-order valence-corrected chi connectivity index (χ4v) is 0.258. The molecule has 0 rings (SSSR count). The third-order valence-electron chi connectivity index (χ3n) is 0.782. The van der Waals surface area contributed by atoms with Gasteiger partial charge in [0.25, 0.3) is 0 Å². The average molecular weight is 646 g/mol. The maximum atomic E-state index is 9.63. The predicted octanol–water partition coefficient (Wildman–Crippen LogP) is -24.5. The number of hydrogen-bond donors (Lipinski definition) is 4. The molecule has 0 fully saturated rings. The fraction of sp³-hybridized carbons (Fsp3) is 0.400. The van der Waals surface area contributed by atoms with Crippen molar-refractivity contribution in [2.45, 2.75) is 12.2 Å². The SMILES string of the molecule is O.O.O.O.O=C([O-])C(O)C(O)C(=O)[O-].O=C([O-])[O-].O=S(=O)(O)O.O=S(=O)([O-])[O-].[Cu+2].[K+].[Na+].[Na+].[Na+]. The molecule has 0 aliphatic rings. The number of rotatable bonds is 3. The number of aliphatic carboxylic acids is 2. The third-order valence-corrected chi connectivity index (χ3v) is 0.782. The van der Waals surface area contributed by atoms with Crippen LogP contribution in [0.15, 0.2) is 0 Å². The Kier molecular flexibility index (Phi) is 113. The number of carboxylic acids is 2. The molecule has 0 aliphatic heterocycles. The van der Waals surface area contributed by atoms with E-state index in [2.05, 4.69) is 0 Å². The molecule has 0 aliphatic carbocycles. The van der Waals surface area contributed by atoms with E-state index in [-0.39, 0.29) is 179 Å². The summed E-state index contributed by atoms with van der Waals surface area (Å²) >= 11 is 0. The molecule has 0 aromatic rings. The smallest absolute Gasteiger partial charge is 0.759 e. The van der Waals surface area contributed by atoms with Crippen LogP contribution in [0.2, 0.25) is 0 Å². The zero-order valence-corrected chi connectivity index (χ0v) is 28.6. The van der Waals surface area contributed by atoms with E-state index in [1.165, 1.54) is 0 Å². The van der Waals surface area contributed by atoms with Gasteiger partial charge in [-0.3, -0.25) is 17.5 Å². The summed E-state index contributed by atoms with van der Waals surface area (Å²) in [5.41, 5.74) is 0. The van der Waals surface area contributed by atoms with Crippen LogP contribution in [-0.2, 0) is 47.5 Å². The van der Waals surface area contributed by atoms with Crippen molar-refractivity contribution in [3.8, 4) is 0 Å². The molecule has 0 spiro atoms. The van der Waals surface area contributed by atoms with E-state index in [1.54, 1.807) is 0 Å². The van der Waals surface area contributed by atoms with Crippen LogP contribution in [-0.4, -0.2) is 97.5 Å².